The molecule has 2 aliphatic heterocycles. The largest absolute Gasteiger partial charge is 0.389 e. The van der Waals surface area contributed by atoms with Gasteiger partial charge in [-0.25, -0.2) is 9.97 Å². The average Bonchev–Trinajstić information content (AvgIpc) is 3.03. The van der Waals surface area contributed by atoms with Gasteiger partial charge in [0.1, 0.15) is 12.1 Å². The molecule has 2 saturated heterocycles. The Bertz CT molecular complexity index is 594. The highest BCUT2D eigenvalue weighted by Crippen LogP contribution is 2.38. The van der Waals surface area contributed by atoms with Crippen molar-refractivity contribution in [3.8, 4) is 0 Å². The lowest BCUT2D eigenvalue weighted by atomic mass is 9.80. The topological polar surface area (TPSA) is 52.5 Å². The molecule has 0 aromatic carbocycles. The fourth-order valence-corrected chi connectivity index (χ4v) is 4.50. The summed E-state index contributed by atoms with van der Waals surface area (Å²) >= 11 is 0. The Morgan fingerprint density at radius 3 is 2.33 bits per heavy atom. The summed E-state index contributed by atoms with van der Waals surface area (Å²) < 4.78 is 0. The minimum absolute atomic E-state index is 0.0578. The zero-order valence-corrected chi connectivity index (χ0v) is 15.2. The molecule has 5 nitrogen and oxygen atoms in total. The van der Waals surface area contributed by atoms with Gasteiger partial charge in [-0.1, -0.05) is 20.8 Å². The van der Waals surface area contributed by atoms with Gasteiger partial charge in [0.05, 0.1) is 11.3 Å². The Balaban J connectivity index is 1.39. The standard InChI is InChI=1S/C19H30N4O/c1-18(2,3)16-7-17(21-13-20-16)23-10-14-8-22(9-15(14)11-23)12-19(24)5-4-6-19/h7,13-15,24H,4-6,8-12H2,1-3H3. The van der Waals surface area contributed by atoms with Gasteiger partial charge >= 0.3 is 0 Å². The molecule has 24 heavy (non-hydrogen) atoms. The molecule has 1 aliphatic carbocycles. The van der Waals surface area contributed by atoms with Crippen molar-refractivity contribution in [2.75, 3.05) is 37.6 Å². The fraction of sp³-hybridized carbons (Fsp3) is 0.789. The van der Waals surface area contributed by atoms with Crippen LogP contribution >= 0.6 is 0 Å². The van der Waals surface area contributed by atoms with Crippen LogP contribution in [-0.2, 0) is 5.41 Å². The van der Waals surface area contributed by atoms with Crippen molar-refractivity contribution in [2.24, 2.45) is 11.8 Å². The average molecular weight is 330 g/mol. The van der Waals surface area contributed by atoms with E-state index in [-0.39, 0.29) is 11.0 Å². The molecule has 0 spiro atoms. The number of anilines is 1. The van der Waals surface area contributed by atoms with Crippen molar-refractivity contribution in [3.63, 3.8) is 0 Å². The smallest absolute Gasteiger partial charge is 0.132 e. The molecule has 1 aromatic heterocycles. The van der Waals surface area contributed by atoms with Gasteiger partial charge in [0.2, 0.25) is 0 Å². The first kappa shape index (κ1) is 16.3. The predicted molar refractivity (Wildman–Crippen MR) is 95.2 cm³/mol. The number of aromatic nitrogens is 2. The van der Waals surface area contributed by atoms with E-state index in [1.165, 1.54) is 6.42 Å². The highest BCUT2D eigenvalue weighted by atomic mass is 16.3. The van der Waals surface area contributed by atoms with E-state index in [4.69, 9.17) is 0 Å². The number of hydrogen-bond donors (Lipinski definition) is 1. The summed E-state index contributed by atoms with van der Waals surface area (Å²) in [5.41, 5.74) is 0.785. The summed E-state index contributed by atoms with van der Waals surface area (Å²) in [6.07, 6.45) is 4.88. The van der Waals surface area contributed by atoms with Gasteiger partial charge in [-0.15, -0.1) is 0 Å². The van der Waals surface area contributed by atoms with Crippen LogP contribution < -0.4 is 4.90 Å². The second-order valence-corrected chi connectivity index (χ2v) is 9.21. The van der Waals surface area contributed by atoms with E-state index in [9.17, 15) is 5.11 Å². The van der Waals surface area contributed by atoms with Gasteiger partial charge in [-0.2, -0.15) is 0 Å². The van der Waals surface area contributed by atoms with Crippen molar-refractivity contribution in [1.82, 2.24) is 14.9 Å². The van der Waals surface area contributed by atoms with Gasteiger partial charge < -0.3 is 10.0 Å². The lowest BCUT2D eigenvalue weighted by Crippen LogP contribution is -2.48. The predicted octanol–water partition coefficient (Wildman–Crippen LogP) is 2.06. The maximum absolute atomic E-state index is 10.4. The van der Waals surface area contributed by atoms with Crippen molar-refractivity contribution in [3.05, 3.63) is 18.1 Å². The summed E-state index contributed by atoms with van der Waals surface area (Å²) in [4.78, 5) is 13.9. The van der Waals surface area contributed by atoms with E-state index in [1.807, 2.05) is 0 Å². The Labute approximate surface area is 145 Å². The van der Waals surface area contributed by atoms with Gasteiger partial charge in [0, 0.05) is 44.2 Å². The van der Waals surface area contributed by atoms with Crippen LogP contribution in [0.5, 0.6) is 0 Å². The molecule has 132 valence electrons. The summed E-state index contributed by atoms with van der Waals surface area (Å²) in [6, 6.07) is 2.16. The molecule has 0 bridgehead atoms. The SMILES string of the molecule is CC(C)(C)c1cc(N2CC3CN(CC4(O)CCC4)CC3C2)ncn1. The third-order valence-corrected chi connectivity index (χ3v) is 6.11. The number of β-amino-alcohol motifs (C(OH)–C–C–N with tert-alkyl or cyclic N) is 1. The van der Waals surface area contributed by atoms with Gasteiger partial charge in [0.25, 0.3) is 0 Å². The summed E-state index contributed by atoms with van der Waals surface area (Å²) in [5.74, 6) is 2.50. The highest BCUT2D eigenvalue weighted by molar-refractivity contribution is 5.42. The van der Waals surface area contributed by atoms with E-state index >= 15 is 0 Å². The molecule has 3 aliphatic rings. The van der Waals surface area contributed by atoms with Crippen LogP contribution in [0.25, 0.3) is 0 Å². The van der Waals surface area contributed by atoms with Crippen LogP contribution in [0.3, 0.4) is 0 Å². The fourth-order valence-electron chi connectivity index (χ4n) is 4.50. The highest BCUT2D eigenvalue weighted by Gasteiger charge is 2.44. The van der Waals surface area contributed by atoms with E-state index < -0.39 is 0 Å². The molecule has 4 rings (SSSR count). The normalized spacial score (nSPS) is 29.6. The molecular formula is C19H30N4O. The number of aliphatic hydroxyl groups is 1. The van der Waals surface area contributed by atoms with Crippen molar-refractivity contribution in [1.29, 1.82) is 0 Å². The molecule has 1 saturated carbocycles. The third-order valence-electron chi connectivity index (χ3n) is 6.11. The molecule has 0 radical (unpaired) electrons. The third kappa shape index (κ3) is 3.04. The number of likely N-dealkylation sites (tertiary alicyclic amines) is 1. The minimum atomic E-state index is -0.382. The zero-order chi connectivity index (χ0) is 16.9. The van der Waals surface area contributed by atoms with Crippen LogP contribution in [0.2, 0.25) is 0 Å². The molecular weight excluding hydrogens is 300 g/mol. The first-order chi connectivity index (χ1) is 11.3. The monoisotopic (exact) mass is 330 g/mol. The van der Waals surface area contributed by atoms with Crippen LogP contribution in [0.15, 0.2) is 12.4 Å². The summed E-state index contributed by atoms with van der Waals surface area (Å²) in [5, 5.41) is 10.4. The summed E-state index contributed by atoms with van der Waals surface area (Å²) in [7, 11) is 0. The second-order valence-electron chi connectivity index (χ2n) is 9.21. The Hall–Kier alpha value is -1.20. The van der Waals surface area contributed by atoms with E-state index in [0.29, 0.717) is 11.8 Å². The first-order valence-electron chi connectivity index (χ1n) is 9.35. The minimum Gasteiger partial charge on any atom is -0.389 e. The Morgan fingerprint density at radius 2 is 1.79 bits per heavy atom. The lowest BCUT2D eigenvalue weighted by Gasteiger charge is -2.40. The Kier molecular flexibility index (Phi) is 3.84. The van der Waals surface area contributed by atoms with Crippen LogP contribution in [0.4, 0.5) is 5.82 Å². The molecule has 3 heterocycles. The number of fused-ring (bicyclic) bond motifs is 1. The lowest BCUT2D eigenvalue weighted by molar-refractivity contribution is -0.0557. The van der Waals surface area contributed by atoms with Crippen LogP contribution in [0.1, 0.15) is 45.7 Å². The van der Waals surface area contributed by atoms with Crippen molar-refractivity contribution < 1.29 is 5.11 Å². The first-order valence-corrected chi connectivity index (χ1v) is 9.35. The Morgan fingerprint density at radius 1 is 1.12 bits per heavy atom. The number of rotatable bonds is 3. The van der Waals surface area contributed by atoms with E-state index in [2.05, 4.69) is 46.6 Å². The quantitative estimate of drug-likeness (QED) is 0.919. The van der Waals surface area contributed by atoms with Crippen LogP contribution in [-0.4, -0.2) is 58.3 Å². The molecule has 3 fully saturated rings. The van der Waals surface area contributed by atoms with E-state index in [1.54, 1.807) is 6.33 Å². The molecule has 2 unspecified atom stereocenters. The molecule has 5 heteroatoms. The summed E-state index contributed by atoms with van der Waals surface area (Å²) in [6.45, 7) is 11.9. The molecule has 2 atom stereocenters. The molecule has 0 amide bonds. The van der Waals surface area contributed by atoms with E-state index in [0.717, 1.165) is 57.1 Å². The van der Waals surface area contributed by atoms with Gasteiger partial charge in [0.15, 0.2) is 0 Å². The second kappa shape index (κ2) is 5.67. The maximum atomic E-state index is 10.4. The number of hydrogen-bond acceptors (Lipinski definition) is 5. The molecule has 1 aromatic rings. The van der Waals surface area contributed by atoms with Gasteiger partial charge in [-0.05, 0) is 31.1 Å². The molecule has 1 N–H and O–H groups in total. The van der Waals surface area contributed by atoms with Crippen LogP contribution in [0, 0.1) is 11.8 Å². The van der Waals surface area contributed by atoms with Crippen molar-refractivity contribution >= 4 is 5.82 Å². The van der Waals surface area contributed by atoms with Crippen molar-refractivity contribution in [2.45, 2.75) is 51.0 Å². The maximum Gasteiger partial charge on any atom is 0.132 e. The van der Waals surface area contributed by atoms with Gasteiger partial charge in [-0.3, -0.25) is 4.90 Å². The number of nitrogens with zero attached hydrogens (tertiary/aromatic N) is 4. The zero-order valence-electron chi connectivity index (χ0n) is 15.2.